The molecule has 110 valence electrons. The van der Waals surface area contributed by atoms with Crippen molar-refractivity contribution in [3.05, 3.63) is 42.2 Å². The molecule has 7 nitrogen and oxygen atoms in total. The summed E-state index contributed by atoms with van der Waals surface area (Å²) >= 11 is 0. The number of nitrogen functional groups attached to an aromatic ring is 1. The molecule has 1 amide bonds. The van der Waals surface area contributed by atoms with Crippen LogP contribution < -0.4 is 11.2 Å². The van der Waals surface area contributed by atoms with Gasteiger partial charge in [0.1, 0.15) is 0 Å². The molecule has 0 spiro atoms. The van der Waals surface area contributed by atoms with E-state index in [0.717, 1.165) is 5.69 Å². The minimum Gasteiger partial charge on any atom is -0.399 e. The second-order valence-electron chi connectivity index (χ2n) is 4.78. The average Bonchev–Trinajstić information content (AvgIpc) is 2.98. The van der Waals surface area contributed by atoms with Gasteiger partial charge >= 0.3 is 0 Å². The fraction of sp³-hybridized carbons (Fsp3) is 0.286. The van der Waals surface area contributed by atoms with Crippen molar-refractivity contribution in [1.82, 2.24) is 20.2 Å². The third-order valence-electron chi connectivity index (χ3n) is 3.23. The molecule has 1 aliphatic rings. The van der Waals surface area contributed by atoms with E-state index in [0.29, 0.717) is 37.7 Å². The van der Waals surface area contributed by atoms with Crippen molar-refractivity contribution < 1.29 is 9.53 Å². The van der Waals surface area contributed by atoms with Crippen LogP contribution in [0.15, 0.2) is 36.5 Å². The first-order chi connectivity index (χ1) is 10.2. The summed E-state index contributed by atoms with van der Waals surface area (Å²) in [5.41, 5.74) is 10.4. The van der Waals surface area contributed by atoms with Gasteiger partial charge in [-0.2, -0.15) is 5.10 Å². The Balaban J connectivity index is 1.70. The minimum atomic E-state index is -0.223. The molecule has 1 aromatic heterocycles. The third-order valence-corrected chi connectivity index (χ3v) is 3.23. The second-order valence-corrected chi connectivity index (χ2v) is 4.78. The maximum absolute atomic E-state index is 12.1. The van der Waals surface area contributed by atoms with Crippen molar-refractivity contribution in [3.63, 3.8) is 0 Å². The summed E-state index contributed by atoms with van der Waals surface area (Å²) in [5.74, 6) is -0.223. The van der Waals surface area contributed by atoms with Gasteiger partial charge in [-0.25, -0.2) is 9.69 Å². The molecule has 7 heteroatoms. The molecule has 1 fully saturated rings. The van der Waals surface area contributed by atoms with Crippen LogP contribution in [0.25, 0.3) is 5.69 Å². The Morgan fingerprint density at radius 2 is 2.10 bits per heavy atom. The first-order valence-corrected chi connectivity index (χ1v) is 6.78. The average molecular weight is 287 g/mol. The van der Waals surface area contributed by atoms with E-state index in [9.17, 15) is 4.79 Å². The number of hydrogen-bond donors (Lipinski definition) is 2. The molecule has 0 radical (unpaired) electrons. The zero-order valence-electron chi connectivity index (χ0n) is 11.5. The molecule has 1 saturated heterocycles. The lowest BCUT2D eigenvalue weighted by Gasteiger charge is -2.26. The van der Waals surface area contributed by atoms with Gasteiger partial charge in [0.25, 0.3) is 5.91 Å². The van der Waals surface area contributed by atoms with Crippen molar-refractivity contribution in [2.75, 3.05) is 32.0 Å². The van der Waals surface area contributed by atoms with Gasteiger partial charge in [0.2, 0.25) is 0 Å². The predicted molar refractivity (Wildman–Crippen MR) is 77.8 cm³/mol. The van der Waals surface area contributed by atoms with Gasteiger partial charge in [-0.05, 0) is 24.3 Å². The number of aromatic nitrogens is 2. The van der Waals surface area contributed by atoms with Gasteiger partial charge in [-0.15, -0.1) is 0 Å². The fourth-order valence-corrected chi connectivity index (χ4v) is 2.13. The van der Waals surface area contributed by atoms with Crippen molar-refractivity contribution in [2.24, 2.45) is 0 Å². The van der Waals surface area contributed by atoms with Crippen LogP contribution in [0.5, 0.6) is 0 Å². The molecule has 1 aromatic carbocycles. The number of carbonyl (C=O) groups excluding carboxylic acids is 1. The van der Waals surface area contributed by atoms with Crippen molar-refractivity contribution >= 4 is 11.6 Å². The molecule has 0 aliphatic carbocycles. The Morgan fingerprint density at radius 1 is 1.29 bits per heavy atom. The lowest BCUT2D eigenvalue weighted by molar-refractivity contribution is 0.0124. The van der Waals surface area contributed by atoms with Crippen LogP contribution in [0, 0.1) is 0 Å². The normalized spacial score (nSPS) is 15.8. The number of morpholine rings is 1. The monoisotopic (exact) mass is 287 g/mol. The molecular formula is C14H17N5O2. The lowest BCUT2D eigenvalue weighted by Crippen LogP contribution is -2.48. The zero-order valence-corrected chi connectivity index (χ0v) is 11.5. The highest BCUT2D eigenvalue weighted by atomic mass is 16.5. The van der Waals surface area contributed by atoms with Crippen LogP contribution in [0.2, 0.25) is 0 Å². The molecule has 2 heterocycles. The zero-order chi connectivity index (χ0) is 14.7. The number of hydrazine groups is 1. The van der Waals surface area contributed by atoms with Gasteiger partial charge in [0.15, 0.2) is 5.69 Å². The maximum Gasteiger partial charge on any atom is 0.286 e. The Hall–Kier alpha value is -2.38. The van der Waals surface area contributed by atoms with E-state index in [1.165, 1.54) is 0 Å². The molecule has 0 bridgehead atoms. The van der Waals surface area contributed by atoms with E-state index >= 15 is 0 Å². The van der Waals surface area contributed by atoms with Crippen molar-refractivity contribution in [3.8, 4) is 5.69 Å². The smallest absolute Gasteiger partial charge is 0.286 e. The molecule has 3 N–H and O–H groups in total. The van der Waals surface area contributed by atoms with E-state index in [1.807, 2.05) is 17.1 Å². The Kier molecular flexibility index (Phi) is 3.85. The number of hydrogen-bond acceptors (Lipinski definition) is 5. The van der Waals surface area contributed by atoms with E-state index in [2.05, 4.69) is 10.5 Å². The van der Waals surface area contributed by atoms with E-state index < -0.39 is 0 Å². The molecule has 3 rings (SSSR count). The minimum absolute atomic E-state index is 0.223. The largest absolute Gasteiger partial charge is 0.399 e. The van der Waals surface area contributed by atoms with Gasteiger partial charge in [-0.1, -0.05) is 6.07 Å². The SMILES string of the molecule is Nc1cccc(-n2ccc(C(=O)NN3CCOCC3)n2)c1. The Morgan fingerprint density at radius 3 is 2.86 bits per heavy atom. The molecule has 0 saturated carbocycles. The lowest BCUT2D eigenvalue weighted by atomic mass is 10.3. The van der Waals surface area contributed by atoms with E-state index in [-0.39, 0.29) is 5.91 Å². The van der Waals surface area contributed by atoms with E-state index in [1.54, 1.807) is 29.1 Å². The number of anilines is 1. The summed E-state index contributed by atoms with van der Waals surface area (Å²) in [6.45, 7) is 2.61. The van der Waals surface area contributed by atoms with E-state index in [4.69, 9.17) is 10.5 Å². The van der Waals surface area contributed by atoms with Gasteiger partial charge < -0.3 is 10.5 Å². The maximum atomic E-state index is 12.1. The number of nitrogens with one attached hydrogen (secondary N) is 1. The van der Waals surface area contributed by atoms with Crippen LogP contribution in [-0.2, 0) is 4.74 Å². The third kappa shape index (κ3) is 3.21. The van der Waals surface area contributed by atoms with Crippen molar-refractivity contribution in [2.45, 2.75) is 0 Å². The molecule has 21 heavy (non-hydrogen) atoms. The number of benzene rings is 1. The summed E-state index contributed by atoms with van der Waals surface area (Å²) in [7, 11) is 0. The predicted octanol–water partition coefficient (Wildman–Crippen LogP) is 0.431. The number of ether oxygens (including phenoxy) is 1. The molecule has 0 atom stereocenters. The Bertz CT molecular complexity index is 634. The highest BCUT2D eigenvalue weighted by Gasteiger charge is 2.16. The quantitative estimate of drug-likeness (QED) is 0.800. The second kappa shape index (κ2) is 5.94. The summed E-state index contributed by atoms with van der Waals surface area (Å²) in [4.78, 5) is 12.1. The fourth-order valence-electron chi connectivity index (χ4n) is 2.13. The van der Waals surface area contributed by atoms with Crippen LogP contribution in [0.3, 0.4) is 0 Å². The van der Waals surface area contributed by atoms with Crippen LogP contribution in [0.1, 0.15) is 10.5 Å². The summed E-state index contributed by atoms with van der Waals surface area (Å²) in [6.07, 6.45) is 1.74. The number of nitrogens with two attached hydrogens (primary N) is 1. The summed E-state index contributed by atoms with van der Waals surface area (Å²) < 4.78 is 6.87. The number of nitrogens with zero attached hydrogens (tertiary/aromatic N) is 3. The standard InChI is InChI=1S/C14H17N5O2/c15-11-2-1-3-12(10-11)19-5-4-13(16-19)14(20)17-18-6-8-21-9-7-18/h1-5,10H,6-9,15H2,(H,17,20). The van der Waals surface area contributed by atoms with Gasteiger partial charge in [0, 0.05) is 25.0 Å². The molecule has 2 aromatic rings. The summed E-state index contributed by atoms with van der Waals surface area (Å²) in [6, 6.07) is 9.02. The highest BCUT2D eigenvalue weighted by molar-refractivity contribution is 5.91. The topological polar surface area (TPSA) is 85.4 Å². The first-order valence-electron chi connectivity index (χ1n) is 6.78. The highest BCUT2D eigenvalue weighted by Crippen LogP contribution is 2.11. The molecule has 1 aliphatic heterocycles. The summed E-state index contributed by atoms with van der Waals surface area (Å²) in [5, 5.41) is 6.12. The van der Waals surface area contributed by atoms with Crippen LogP contribution in [-0.4, -0.2) is 47.0 Å². The Labute approximate surface area is 122 Å². The number of carbonyl (C=O) groups is 1. The number of rotatable bonds is 3. The van der Waals surface area contributed by atoms with Crippen LogP contribution >= 0.6 is 0 Å². The van der Waals surface area contributed by atoms with Crippen LogP contribution in [0.4, 0.5) is 5.69 Å². The number of amides is 1. The molecule has 0 unspecified atom stereocenters. The van der Waals surface area contributed by atoms with Gasteiger partial charge in [0.05, 0.1) is 18.9 Å². The first kappa shape index (κ1) is 13.6. The molecular weight excluding hydrogens is 270 g/mol. The van der Waals surface area contributed by atoms with Crippen molar-refractivity contribution in [1.29, 1.82) is 0 Å². The van der Waals surface area contributed by atoms with Gasteiger partial charge in [-0.3, -0.25) is 10.2 Å².